The van der Waals surface area contributed by atoms with Crippen LogP contribution in [-0.2, 0) is 0 Å². The lowest BCUT2D eigenvalue weighted by atomic mass is 9.96. The highest BCUT2D eigenvalue weighted by Gasteiger charge is 2.20. The van der Waals surface area contributed by atoms with Crippen LogP contribution < -0.4 is 5.56 Å². The lowest BCUT2D eigenvalue weighted by Gasteiger charge is -2.11. The molecule has 0 unspecified atom stereocenters. The van der Waals surface area contributed by atoms with Crippen LogP contribution in [0.25, 0.3) is 60.8 Å². The topological polar surface area (TPSA) is 34.4 Å². The molecule has 0 saturated heterocycles. The van der Waals surface area contributed by atoms with Crippen LogP contribution in [0.3, 0.4) is 0 Å². The molecule has 0 fully saturated rings. The van der Waals surface area contributed by atoms with Crippen molar-refractivity contribution in [2.75, 3.05) is 0 Å². The van der Waals surface area contributed by atoms with E-state index in [0.29, 0.717) is 11.2 Å². The maximum Gasteiger partial charge on any atom is 0.264 e. The minimum atomic E-state index is -0.0408. The molecule has 164 valence electrons. The van der Waals surface area contributed by atoms with Gasteiger partial charge < -0.3 is 0 Å². The first-order valence-corrected chi connectivity index (χ1v) is 11.7. The van der Waals surface area contributed by atoms with Crippen molar-refractivity contribution in [2.24, 2.45) is 0 Å². The summed E-state index contributed by atoms with van der Waals surface area (Å²) in [6.07, 6.45) is 0. The van der Waals surface area contributed by atoms with Gasteiger partial charge in [0.05, 0.1) is 11.0 Å². The summed E-state index contributed by atoms with van der Waals surface area (Å²) in [6, 6.07) is 41.0. The number of imidazole rings is 1. The van der Waals surface area contributed by atoms with Gasteiger partial charge >= 0.3 is 0 Å². The van der Waals surface area contributed by atoms with Gasteiger partial charge in [0, 0.05) is 16.3 Å². The predicted molar refractivity (Wildman–Crippen MR) is 144 cm³/mol. The molecule has 0 radical (unpaired) electrons. The number of fused-ring (bicyclic) bond motifs is 2. The normalized spacial score (nSPS) is 11.5. The summed E-state index contributed by atoms with van der Waals surface area (Å²) in [5, 5.41) is 2.67. The van der Waals surface area contributed by atoms with E-state index in [1.54, 1.807) is 4.40 Å². The molecule has 5 aromatic carbocycles. The molecule has 3 heteroatoms. The van der Waals surface area contributed by atoms with Gasteiger partial charge in [-0.3, -0.25) is 9.20 Å². The van der Waals surface area contributed by atoms with Gasteiger partial charge in [0.25, 0.3) is 5.56 Å². The summed E-state index contributed by atoms with van der Waals surface area (Å²) in [6.45, 7) is 0. The molecular weight excluding hydrogens is 428 g/mol. The van der Waals surface area contributed by atoms with Gasteiger partial charge in [-0.1, -0.05) is 97.1 Å². The van der Waals surface area contributed by atoms with Crippen LogP contribution in [0.15, 0.2) is 126 Å². The predicted octanol–water partition coefficient (Wildman–Crippen LogP) is 7.44. The van der Waals surface area contributed by atoms with Crippen LogP contribution >= 0.6 is 0 Å². The Morgan fingerprint density at radius 3 is 1.71 bits per heavy atom. The molecule has 0 N–H and O–H groups in total. The molecule has 0 saturated carbocycles. The number of pyridine rings is 1. The van der Waals surface area contributed by atoms with Crippen LogP contribution in [0.4, 0.5) is 0 Å². The lowest BCUT2D eigenvalue weighted by molar-refractivity contribution is 1.13. The van der Waals surface area contributed by atoms with Crippen LogP contribution in [-0.4, -0.2) is 9.38 Å². The summed E-state index contributed by atoms with van der Waals surface area (Å²) in [4.78, 5) is 18.9. The van der Waals surface area contributed by atoms with Crippen molar-refractivity contribution in [3.63, 3.8) is 0 Å². The number of aromatic nitrogens is 2. The Morgan fingerprint density at radius 1 is 0.486 bits per heavy atom. The Kier molecular flexibility index (Phi) is 4.30. The van der Waals surface area contributed by atoms with Gasteiger partial charge in [0.1, 0.15) is 5.82 Å². The molecular formula is C32H20N2O. The third-order valence-electron chi connectivity index (χ3n) is 6.74. The smallest absolute Gasteiger partial charge is 0.264 e. The quantitative estimate of drug-likeness (QED) is 0.263. The number of benzene rings is 5. The van der Waals surface area contributed by atoms with E-state index in [-0.39, 0.29) is 5.56 Å². The zero-order valence-corrected chi connectivity index (χ0v) is 18.8. The maximum absolute atomic E-state index is 13.9. The van der Waals surface area contributed by atoms with Crippen molar-refractivity contribution in [3.8, 4) is 33.6 Å². The van der Waals surface area contributed by atoms with Gasteiger partial charge in [0.15, 0.2) is 0 Å². The van der Waals surface area contributed by atoms with Gasteiger partial charge in [-0.2, -0.15) is 0 Å². The zero-order chi connectivity index (χ0) is 23.4. The summed E-state index contributed by atoms with van der Waals surface area (Å²) in [7, 11) is 0. The van der Waals surface area contributed by atoms with Gasteiger partial charge in [-0.05, 0) is 51.9 Å². The van der Waals surface area contributed by atoms with Gasteiger partial charge in [0.2, 0.25) is 0 Å². The van der Waals surface area contributed by atoms with E-state index in [1.165, 1.54) is 0 Å². The summed E-state index contributed by atoms with van der Waals surface area (Å²) in [5.41, 5.74) is 7.00. The highest BCUT2D eigenvalue weighted by atomic mass is 16.1. The molecule has 0 bridgehead atoms. The fourth-order valence-corrected chi connectivity index (χ4v) is 5.07. The molecule has 0 spiro atoms. The van der Waals surface area contributed by atoms with Gasteiger partial charge in [-0.15, -0.1) is 0 Å². The fourth-order valence-electron chi connectivity index (χ4n) is 5.07. The molecule has 2 aromatic heterocycles. The van der Waals surface area contributed by atoms with E-state index in [0.717, 1.165) is 49.6 Å². The molecule has 0 amide bonds. The van der Waals surface area contributed by atoms with Crippen LogP contribution in [0.2, 0.25) is 0 Å². The second-order valence-electron chi connectivity index (χ2n) is 8.83. The summed E-state index contributed by atoms with van der Waals surface area (Å²) >= 11 is 0. The van der Waals surface area contributed by atoms with Gasteiger partial charge in [-0.25, -0.2) is 4.98 Å². The highest BCUT2D eigenvalue weighted by molar-refractivity contribution is 6.14. The van der Waals surface area contributed by atoms with Crippen molar-refractivity contribution >= 4 is 27.2 Å². The molecule has 2 heterocycles. The summed E-state index contributed by atoms with van der Waals surface area (Å²) in [5.74, 6) is 0.676. The molecule has 0 aliphatic rings. The Morgan fingerprint density at radius 2 is 1.06 bits per heavy atom. The molecule has 0 aliphatic heterocycles. The zero-order valence-electron chi connectivity index (χ0n) is 18.8. The summed E-state index contributed by atoms with van der Waals surface area (Å²) < 4.78 is 1.79. The lowest BCUT2D eigenvalue weighted by Crippen LogP contribution is -2.14. The first-order chi connectivity index (χ1) is 17.3. The third-order valence-corrected chi connectivity index (χ3v) is 6.74. The number of hydrogen-bond donors (Lipinski definition) is 0. The molecule has 0 aliphatic carbocycles. The minimum Gasteiger partial charge on any atom is -0.268 e. The van der Waals surface area contributed by atoms with Crippen LogP contribution in [0, 0.1) is 0 Å². The second-order valence-corrected chi connectivity index (χ2v) is 8.83. The second kappa shape index (κ2) is 7.64. The number of hydrogen-bond acceptors (Lipinski definition) is 2. The SMILES string of the molecule is O=c1c2ccc(-c3ccccc3)cc2c2cc(-c3ccccc3)cc3nc(-c4ccccc4)n1c32. The maximum atomic E-state index is 13.9. The van der Waals surface area contributed by atoms with E-state index < -0.39 is 0 Å². The Labute approximate surface area is 201 Å². The van der Waals surface area contributed by atoms with Crippen LogP contribution in [0.1, 0.15) is 0 Å². The largest absolute Gasteiger partial charge is 0.268 e. The molecule has 7 rings (SSSR count). The molecule has 35 heavy (non-hydrogen) atoms. The minimum absolute atomic E-state index is 0.0408. The average molecular weight is 449 g/mol. The van der Waals surface area contributed by atoms with Crippen molar-refractivity contribution in [1.82, 2.24) is 9.38 Å². The molecule has 0 atom stereocenters. The van der Waals surface area contributed by atoms with Crippen molar-refractivity contribution in [3.05, 3.63) is 132 Å². The van der Waals surface area contributed by atoms with E-state index in [4.69, 9.17) is 4.98 Å². The van der Waals surface area contributed by atoms with Crippen molar-refractivity contribution in [1.29, 1.82) is 0 Å². The Hall–Kier alpha value is -4.76. The van der Waals surface area contributed by atoms with Crippen molar-refractivity contribution in [2.45, 2.75) is 0 Å². The Balaban J connectivity index is 1.64. The fraction of sp³-hybridized carbons (Fsp3) is 0. The van der Waals surface area contributed by atoms with Crippen molar-refractivity contribution < 1.29 is 0 Å². The first-order valence-electron chi connectivity index (χ1n) is 11.7. The number of nitrogens with zero attached hydrogens (tertiary/aromatic N) is 2. The van der Waals surface area contributed by atoms with E-state index in [2.05, 4.69) is 42.5 Å². The number of rotatable bonds is 3. The third kappa shape index (κ3) is 3.06. The highest BCUT2D eigenvalue weighted by Crippen LogP contribution is 2.36. The Bertz CT molecular complexity index is 1890. The monoisotopic (exact) mass is 448 g/mol. The standard InChI is InChI=1S/C32H20N2O/c35-32-26-17-16-24(21-10-4-1-5-11-21)18-27(26)28-19-25(22-12-6-2-7-13-22)20-29-30(28)34(32)31(33-29)23-14-8-3-9-15-23/h1-20H. The first kappa shape index (κ1) is 19.7. The average Bonchev–Trinajstić information content (AvgIpc) is 3.33. The van der Waals surface area contributed by atoms with E-state index in [9.17, 15) is 4.79 Å². The molecule has 7 aromatic rings. The molecule has 3 nitrogen and oxygen atoms in total. The van der Waals surface area contributed by atoms with E-state index >= 15 is 0 Å². The van der Waals surface area contributed by atoms with E-state index in [1.807, 2.05) is 78.9 Å². The van der Waals surface area contributed by atoms with Crippen LogP contribution in [0.5, 0.6) is 0 Å².